The van der Waals surface area contributed by atoms with E-state index >= 15 is 0 Å². The topological polar surface area (TPSA) is 48.8 Å². The zero-order chi connectivity index (χ0) is 23.5. The van der Waals surface area contributed by atoms with E-state index < -0.39 is 45.4 Å². The summed E-state index contributed by atoms with van der Waals surface area (Å²) in [7, 11) is -6.35. The Hall–Kier alpha value is -1.59. The Labute approximate surface area is 206 Å². The second kappa shape index (κ2) is 9.72. The molecule has 0 bridgehead atoms. The summed E-state index contributed by atoms with van der Waals surface area (Å²) in [6, 6.07) is 33.4. The normalized spacial score (nSPS) is 12.8. The molecule has 0 aliphatic heterocycles. The zero-order valence-electron chi connectivity index (χ0n) is 19.9. The van der Waals surface area contributed by atoms with E-state index in [2.05, 4.69) is 139 Å². The molecule has 3 nitrogen and oxygen atoms in total. The van der Waals surface area contributed by atoms with Gasteiger partial charge in [0.2, 0.25) is 0 Å². The van der Waals surface area contributed by atoms with Crippen LogP contribution in [0.25, 0.3) is 10.4 Å². The van der Waals surface area contributed by atoms with Crippen LogP contribution in [0.5, 0.6) is 0 Å². The summed E-state index contributed by atoms with van der Waals surface area (Å²) in [5, 5.41) is 4.43. The molecule has 166 valence electrons. The van der Waals surface area contributed by atoms with E-state index in [1.165, 1.54) is 15.6 Å². The van der Waals surface area contributed by atoms with E-state index in [1.807, 2.05) is 0 Å². The molecule has 3 aromatic carbocycles. The molecule has 0 radical (unpaired) electrons. The molecular weight excluding hydrogens is 554 g/mol. The van der Waals surface area contributed by atoms with Crippen molar-refractivity contribution in [1.29, 1.82) is 0 Å². The second-order valence-corrected chi connectivity index (χ2v) is 31.2. The number of nitrogens with zero attached hydrogens (tertiary/aromatic N) is 3. The molecule has 0 spiro atoms. The van der Waals surface area contributed by atoms with Crippen molar-refractivity contribution in [2.75, 3.05) is 0 Å². The Balaban J connectivity index is 2.46. The molecule has 0 atom stereocenters. The SMILES string of the molecule is C[Si](C)(c1ccccc1)C([Te]N=[N+]=[N-])([Si](C)(C)c1ccccc1)[Si](C)(C)c1ccccc1. The van der Waals surface area contributed by atoms with Gasteiger partial charge in [0.1, 0.15) is 0 Å². The van der Waals surface area contributed by atoms with Gasteiger partial charge >= 0.3 is 207 Å². The summed E-state index contributed by atoms with van der Waals surface area (Å²) in [4.78, 5) is 3.39. The van der Waals surface area contributed by atoms with Gasteiger partial charge in [-0.25, -0.2) is 0 Å². The predicted octanol–water partition coefficient (Wildman–Crippen LogP) is 5.54. The van der Waals surface area contributed by atoms with Gasteiger partial charge in [-0.05, 0) is 0 Å². The number of hydrogen-bond donors (Lipinski definition) is 0. The molecule has 0 amide bonds. The van der Waals surface area contributed by atoms with Crippen LogP contribution < -0.4 is 15.6 Å². The number of azide groups is 1. The molecule has 0 saturated heterocycles. The number of rotatable bonds is 8. The predicted molar refractivity (Wildman–Crippen MR) is 148 cm³/mol. The van der Waals surface area contributed by atoms with Crippen molar-refractivity contribution >= 4 is 61.0 Å². The minimum absolute atomic E-state index is 0.0777. The molecule has 3 rings (SSSR count). The quantitative estimate of drug-likeness (QED) is 0.144. The van der Waals surface area contributed by atoms with E-state index in [9.17, 15) is 5.53 Å². The van der Waals surface area contributed by atoms with E-state index in [1.54, 1.807) is 0 Å². The van der Waals surface area contributed by atoms with Crippen molar-refractivity contribution in [1.82, 2.24) is 0 Å². The first-order valence-electron chi connectivity index (χ1n) is 11.0. The van der Waals surface area contributed by atoms with Crippen LogP contribution in [-0.4, -0.2) is 45.4 Å². The van der Waals surface area contributed by atoms with E-state index in [0.29, 0.717) is 0 Å². The molecule has 0 unspecified atom stereocenters. The minimum atomic E-state index is -2.12. The summed E-state index contributed by atoms with van der Waals surface area (Å²) in [6.45, 7) is 15.3. The Morgan fingerprint density at radius 3 is 1.12 bits per heavy atom. The molecule has 0 aromatic heterocycles. The monoisotopic (exact) mass is 589 g/mol. The summed E-state index contributed by atoms with van der Waals surface area (Å²) >= 11 is -1.02. The third-order valence-electron chi connectivity index (χ3n) is 7.34. The number of hydrogen-bond acceptors (Lipinski definition) is 1. The van der Waals surface area contributed by atoms with Gasteiger partial charge in [-0.2, -0.15) is 0 Å². The zero-order valence-corrected chi connectivity index (χ0v) is 25.2. The van der Waals surface area contributed by atoms with Gasteiger partial charge in [0.25, 0.3) is 0 Å². The fourth-order valence-electron chi connectivity index (χ4n) is 5.94. The van der Waals surface area contributed by atoms with Crippen LogP contribution in [0, 0.1) is 0 Å². The van der Waals surface area contributed by atoms with Gasteiger partial charge in [-0.1, -0.05) is 0 Å². The van der Waals surface area contributed by atoms with E-state index in [4.69, 9.17) is 0 Å². The summed E-state index contributed by atoms with van der Waals surface area (Å²) in [5.74, 6) is 0. The standard InChI is InChI=1S/C25H33N3Si3Te/c1-29(2,22-16-10-7-11-17-22)25(32-28-27-26,30(3,4)23-18-12-8-13-19-23)31(5,6)24-20-14-9-15-21-24/h7-21H,1-6H3. The maximum absolute atomic E-state index is 9.58. The van der Waals surface area contributed by atoms with Crippen molar-refractivity contribution < 1.29 is 0 Å². The Bertz CT molecular complexity index is 956. The second-order valence-electron chi connectivity index (χ2n) is 9.92. The van der Waals surface area contributed by atoms with Crippen molar-refractivity contribution in [2.45, 2.75) is 41.6 Å². The average Bonchev–Trinajstić information content (AvgIpc) is 2.81. The van der Waals surface area contributed by atoms with E-state index in [0.717, 1.165) is 0 Å². The molecule has 0 saturated carbocycles. The van der Waals surface area contributed by atoms with Crippen LogP contribution in [0.1, 0.15) is 0 Å². The van der Waals surface area contributed by atoms with Gasteiger partial charge in [0.15, 0.2) is 0 Å². The molecule has 0 aliphatic carbocycles. The van der Waals surface area contributed by atoms with Crippen LogP contribution in [0.3, 0.4) is 0 Å². The Morgan fingerprint density at radius 1 is 0.594 bits per heavy atom. The van der Waals surface area contributed by atoms with Gasteiger partial charge in [-0.15, -0.1) is 0 Å². The van der Waals surface area contributed by atoms with Gasteiger partial charge < -0.3 is 0 Å². The van der Waals surface area contributed by atoms with Crippen molar-refractivity contribution in [3.05, 3.63) is 101 Å². The maximum atomic E-state index is 9.58. The molecule has 3 aromatic rings. The van der Waals surface area contributed by atoms with Crippen molar-refractivity contribution in [3.63, 3.8) is 0 Å². The molecule has 0 heterocycles. The Morgan fingerprint density at radius 2 is 0.875 bits per heavy atom. The fourth-order valence-corrected chi connectivity index (χ4v) is 42.4. The van der Waals surface area contributed by atoms with Gasteiger partial charge in [0, 0.05) is 0 Å². The van der Waals surface area contributed by atoms with Crippen LogP contribution in [0.4, 0.5) is 0 Å². The Kier molecular flexibility index (Phi) is 7.61. The van der Waals surface area contributed by atoms with Gasteiger partial charge in [-0.3, -0.25) is 0 Å². The van der Waals surface area contributed by atoms with Crippen molar-refractivity contribution in [2.24, 2.45) is 3.36 Å². The average molecular weight is 587 g/mol. The van der Waals surface area contributed by atoms with Crippen LogP contribution >= 0.6 is 0 Å². The summed E-state index contributed by atoms with van der Waals surface area (Å²) in [5.41, 5.74) is 9.58. The third kappa shape index (κ3) is 4.07. The summed E-state index contributed by atoms with van der Waals surface area (Å²) in [6.07, 6.45) is 0. The van der Waals surface area contributed by atoms with Gasteiger partial charge in [0.05, 0.1) is 0 Å². The summed E-state index contributed by atoms with van der Waals surface area (Å²) < 4.78 is 4.61. The molecule has 0 fully saturated rings. The van der Waals surface area contributed by atoms with Crippen LogP contribution in [-0.2, 0) is 0 Å². The first kappa shape index (κ1) is 25.0. The van der Waals surface area contributed by atoms with Crippen LogP contribution in [0.15, 0.2) is 94.4 Å². The van der Waals surface area contributed by atoms with Crippen LogP contribution in [0.2, 0.25) is 41.6 Å². The molecule has 0 aliphatic rings. The first-order chi connectivity index (χ1) is 15.1. The van der Waals surface area contributed by atoms with E-state index in [-0.39, 0.29) is 2.33 Å². The molecule has 32 heavy (non-hydrogen) atoms. The van der Waals surface area contributed by atoms with Crippen molar-refractivity contribution in [3.8, 4) is 0 Å². The fraction of sp³-hybridized carbons (Fsp3) is 0.280. The molecule has 7 heteroatoms. The molecular formula is C25H33N3Si3Te. The first-order valence-corrected chi connectivity index (χ1v) is 22.2. The third-order valence-corrected chi connectivity index (χ3v) is 45.4. The molecule has 0 N–H and O–H groups in total. The number of benzene rings is 3.